The zero-order chi connectivity index (χ0) is 21.8. The minimum absolute atomic E-state index is 0.0876. The molecule has 1 aromatic heterocycles. The molecule has 3 nitrogen and oxygen atoms in total. The van der Waals surface area contributed by atoms with Crippen LogP contribution in [-0.2, 0) is 5.75 Å². The topological polar surface area (TPSA) is 27.1 Å². The van der Waals surface area contributed by atoms with Gasteiger partial charge in [-0.25, -0.2) is 9.37 Å². The standard InChI is InChI=1S/C23H16BrF3N2OS/c24-17-5-3-16(4-6-17)21-13-28-23(31-14-15-1-7-18(25)8-2-15)29(21)19-9-11-20(12-10-19)30-22(26)27/h1-13,22H,14H2. The van der Waals surface area contributed by atoms with Gasteiger partial charge in [0.2, 0.25) is 0 Å². The zero-order valence-corrected chi connectivity index (χ0v) is 18.4. The summed E-state index contributed by atoms with van der Waals surface area (Å²) in [5.41, 5.74) is 3.54. The highest BCUT2D eigenvalue weighted by Crippen LogP contribution is 2.32. The lowest BCUT2D eigenvalue weighted by atomic mass is 10.1. The van der Waals surface area contributed by atoms with E-state index in [1.54, 1.807) is 30.5 Å². The fourth-order valence-electron chi connectivity index (χ4n) is 3.02. The Morgan fingerprint density at radius 3 is 2.26 bits per heavy atom. The normalized spacial score (nSPS) is 11.1. The number of hydrogen-bond donors (Lipinski definition) is 0. The van der Waals surface area contributed by atoms with Crippen molar-refractivity contribution < 1.29 is 17.9 Å². The molecule has 0 aliphatic heterocycles. The van der Waals surface area contributed by atoms with Gasteiger partial charge in [0.15, 0.2) is 5.16 Å². The molecule has 158 valence electrons. The molecule has 8 heteroatoms. The van der Waals surface area contributed by atoms with Crippen molar-refractivity contribution in [3.05, 3.63) is 94.8 Å². The maximum Gasteiger partial charge on any atom is 0.387 e. The molecule has 0 bridgehead atoms. The molecule has 0 saturated heterocycles. The molecule has 3 aromatic carbocycles. The van der Waals surface area contributed by atoms with Gasteiger partial charge in [-0.05, 0) is 54.1 Å². The Labute approximate surface area is 190 Å². The van der Waals surface area contributed by atoms with Crippen molar-refractivity contribution in [3.63, 3.8) is 0 Å². The number of ether oxygens (including phenoxy) is 1. The summed E-state index contributed by atoms with van der Waals surface area (Å²) >= 11 is 4.94. The van der Waals surface area contributed by atoms with Crippen molar-refractivity contribution in [2.75, 3.05) is 0 Å². The number of halogens is 4. The smallest absolute Gasteiger partial charge is 0.387 e. The number of alkyl halides is 2. The molecule has 0 radical (unpaired) electrons. The summed E-state index contributed by atoms with van der Waals surface area (Å²) < 4.78 is 45.6. The number of rotatable bonds is 7. The highest BCUT2D eigenvalue weighted by Gasteiger charge is 2.15. The van der Waals surface area contributed by atoms with Crippen LogP contribution in [0.3, 0.4) is 0 Å². The molecule has 0 N–H and O–H groups in total. The third kappa shape index (κ3) is 5.32. The first-order chi connectivity index (χ1) is 15.0. The molecule has 0 aliphatic carbocycles. The van der Waals surface area contributed by atoms with Crippen LogP contribution in [0.2, 0.25) is 0 Å². The second kappa shape index (κ2) is 9.62. The summed E-state index contributed by atoms with van der Waals surface area (Å²) in [6.07, 6.45) is 1.78. The molecule has 0 amide bonds. The first-order valence-electron chi connectivity index (χ1n) is 9.26. The van der Waals surface area contributed by atoms with Crippen molar-refractivity contribution >= 4 is 27.7 Å². The molecular formula is C23H16BrF3N2OS. The van der Waals surface area contributed by atoms with E-state index in [1.807, 2.05) is 28.8 Å². The second-order valence-electron chi connectivity index (χ2n) is 6.56. The van der Waals surface area contributed by atoms with Crippen molar-refractivity contribution in [1.29, 1.82) is 0 Å². The molecule has 31 heavy (non-hydrogen) atoms. The van der Waals surface area contributed by atoms with Crippen LogP contribution in [0.25, 0.3) is 16.9 Å². The monoisotopic (exact) mass is 504 g/mol. The molecule has 1 heterocycles. The highest BCUT2D eigenvalue weighted by atomic mass is 79.9. The maximum absolute atomic E-state index is 13.2. The van der Waals surface area contributed by atoms with Crippen LogP contribution in [0.4, 0.5) is 13.2 Å². The van der Waals surface area contributed by atoms with E-state index >= 15 is 0 Å². The van der Waals surface area contributed by atoms with E-state index in [4.69, 9.17) is 0 Å². The van der Waals surface area contributed by atoms with Crippen LogP contribution < -0.4 is 4.74 Å². The lowest BCUT2D eigenvalue weighted by molar-refractivity contribution is -0.0498. The van der Waals surface area contributed by atoms with Gasteiger partial charge in [-0.1, -0.05) is 52.0 Å². The summed E-state index contributed by atoms with van der Waals surface area (Å²) in [4.78, 5) is 4.58. The number of imidazole rings is 1. The Kier molecular flexibility index (Phi) is 6.67. The predicted molar refractivity (Wildman–Crippen MR) is 119 cm³/mol. The van der Waals surface area contributed by atoms with Gasteiger partial charge in [-0.2, -0.15) is 8.78 Å². The van der Waals surface area contributed by atoms with Crippen LogP contribution in [0.1, 0.15) is 5.56 Å². The quantitative estimate of drug-likeness (QED) is 0.246. The van der Waals surface area contributed by atoms with Crippen molar-refractivity contribution in [2.45, 2.75) is 17.5 Å². The summed E-state index contributed by atoms with van der Waals surface area (Å²) in [7, 11) is 0. The van der Waals surface area contributed by atoms with Crippen molar-refractivity contribution in [2.24, 2.45) is 0 Å². The molecule has 0 fully saturated rings. The Bertz CT molecular complexity index is 1150. The summed E-state index contributed by atoms with van der Waals surface area (Å²) in [5, 5.41) is 0.727. The Morgan fingerprint density at radius 2 is 1.61 bits per heavy atom. The summed E-state index contributed by atoms with van der Waals surface area (Å²) in [6.45, 7) is -2.88. The molecule has 4 rings (SSSR count). The van der Waals surface area contributed by atoms with Crippen molar-refractivity contribution in [1.82, 2.24) is 9.55 Å². The van der Waals surface area contributed by atoms with E-state index in [2.05, 4.69) is 25.7 Å². The van der Waals surface area contributed by atoms with Gasteiger partial charge in [0.25, 0.3) is 0 Å². The molecular weight excluding hydrogens is 489 g/mol. The van der Waals surface area contributed by atoms with E-state index < -0.39 is 6.61 Å². The largest absolute Gasteiger partial charge is 0.435 e. The van der Waals surface area contributed by atoms with Gasteiger partial charge in [-0.15, -0.1) is 0 Å². The predicted octanol–water partition coefficient (Wildman–Crippen LogP) is 7.33. The first-order valence-corrected chi connectivity index (χ1v) is 11.0. The number of aromatic nitrogens is 2. The van der Waals surface area contributed by atoms with Crippen LogP contribution in [0.15, 0.2) is 88.6 Å². The molecule has 0 spiro atoms. The zero-order valence-electron chi connectivity index (χ0n) is 16.0. The van der Waals surface area contributed by atoms with E-state index in [1.165, 1.54) is 36.0 Å². The molecule has 4 aromatic rings. The summed E-state index contributed by atoms with van der Waals surface area (Å²) in [6, 6.07) is 20.6. The lowest BCUT2D eigenvalue weighted by Gasteiger charge is -2.13. The first kappa shape index (κ1) is 21.5. The minimum Gasteiger partial charge on any atom is -0.435 e. The van der Waals surface area contributed by atoms with Crippen LogP contribution in [0.5, 0.6) is 5.75 Å². The molecule has 0 atom stereocenters. The molecule has 0 unspecified atom stereocenters. The van der Waals surface area contributed by atoms with Gasteiger partial charge in [0.1, 0.15) is 11.6 Å². The van der Waals surface area contributed by atoms with E-state index in [9.17, 15) is 13.2 Å². The SMILES string of the molecule is Fc1ccc(CSc2ncc(-c3ccc(Br)cc3)n2-c2ccc(OC(F)F)cc2)cc1. The number of thioether (sulfide) groups is 1. The second-order valence-corrected chi connectivity index (χ2v) is 8.41. The number of hydrogen-bond acceptors (Lipinski definition) is 3. The number of benzene rings is 3. The fourth-order valence-corrected chi connectivity index (χ4v) is 4.23. The Hall–Kier alpha value is -2.71. The average molecular weight is 505 g/mol. The van der Waals surface area contributed by atoms with Crippen LogP contribution in [0, 0.1) is 5.82 Å². The maximum atomic E-state index is 13.2. The molecule has 0 saturated carbocycles. The van der Waals surface area contributed by atoms with Gasteiger partial charge < -0.3 is 4.74 Å². The van der Waals surface area contributed by atoms with Gasteiger partial charge in [0.05, 0.1) is 11.9 Å². The highest BCUT2D eigenvalue weighted by molar-refractivity contribution is 9.10. The minimum atomic E-state index is -2.88. The van der Waals surface area contributed by atoms with Gasteiger partial charge >= 0.3 is 6.61 Å². The van der Waals surface area contributed by atoms with Gasteiger partial charge in [0, 0.05) is 21.5 Å². The third-order valence-electron chi connectivity index (χ3n) is 4.47. The van der Waals surface area contributed by atoms with Crippen molar-refractivity contribution in [3.8, 4) is 22.7 Å². The Balaban J connectivity index is 1.69. The average Bonchev–Trinajstić information content (AvgIpc) is 3.18. The van der Waals surface area contributed by atoms with Crippen LogP contribution >= 0.6 is 27.7 Å². The fraction of sp³-hybridized carbons (Fsp3) is 0.0870. The van der Waals surface area contributed by atoms with E-state index in [0.717, 1.165) is 32.1 Å². The third-order valence-corrected chi connectivity index (χ3v) is 6.02. The lowest BCUT2D eigenvalue weighted by Crippen LogP contribution is -2.03. The molecule has 0 aliphatic rings. The number of nitrogens with zero attached hydrogens (tertiary/aromatic N) is 2. The van der Waals surface area contributed by atoms with E-state index in [0.29, 0.717) is 5.75 Å². The van der Waals surface area contributed by atoms with E-state index in [-0.39, 0.29) is 11.6 Å². The van der Waals surface area contributed by atoms with Gasteiger partial charge in [-0.3, -0.25) is 4.57 Å². The Morgan fingerprint density at radius 1 is 0.935 bits per heavy atom. The van der Waals surface area contributed by atoms with Crippen LogP contribution in [-0.4, -0.2) is 16.2 Å². The summed E-state index contributed by atoms with van der Waals surface area (Å²) in [5.74, 6) is 0.410.